The molecule has 0 spiro atoms. The number of hydrogen-bond acceptors (Lipinski definition) is 2. The van der Waals surface area contributed by atoms with Crippen molar-refractivity contribution in [3.63, 3.8) is 0 Å². The van der Waals surface area contributed by atoms with E-state index in [1.807, 2.05) is 31.2 Å². The van der Waals surface area contributed by atoms with Gasteiger partial charge in [-0.1, -0.05) is 49.1 Å². The summed E-state index contributed by atoms with van der Waals surface area (Å²) in [6, 6.07) is 7.92. The van der Waals surface area contributed by atoms with Crippen LogP contribution in [0.4, 0.5) is 0 Å². The van der Waals surface area contributed by atoms with Crippen molar-refractivity contribution in [3.05, 3.63) is 35.4 Å². The lowest BCUT2D eigenvalue weighted by molar-refractivity contribution is -0.130. The Morgan fingerprint density at radius 3 is 2.14 bits per heavy atom. The second kappa shape index (κ2) is 8.42. The number of ketones is 2. The molecule has 2 heteroatoms. The second-order valence-corrected chi connectivity index (χ2v) is 5.51. The summed E-state index contributed by atoms with van der Waals surface area (Å²) >= 11 is 0. The highest BCUT2D eigenvalue weighted by molar-refractivity contribution is 6.01. The van der Waals surface area contributed by atoms with Crippen LogP contribution in [-0.2, 0) is 9.59 Å². The number of carbonyl (C=O) groups excluding carboxylic acids is 2. The van der Waals surface area contributed by atoms with Crippen molar-refractivity contribution in [1.82, 2.24) is 0 Å². The minimum Gasteiger partial charge on any atom is -0.299 e. The molecule has 0 N–H and O–H groups in total. The summed E-state index contributed by atoms with van der Waals surface area (Å²) in [6.07, 6.45) is 2.94. The molecule has 1 rings (SSSR count). The number of carbonyl (C=O) groups is 2. The highest BCUT2D eigenvalue weighted by Gasteiger charge is 2.29. The average Bonchev–Trinajstić information content (AvgIpc) is 2.42. The van der Waals surface area contributed by atoms with Gasteiger partial charge >= 0.3 is 0 Å². The van der Waals surface area contributed by atoms with Crippen LogP contribution in [0.3, 0.4) is 0 Å². The molecular weight excluding hydrogens is 260 g/mol. The lowest BCUT2D eigenvalue weighted by Crippen LogP contribution is -2.26. The van der Waals surface area contributed by atoms with Crippen molar-refractivity contribution in [2.75, 3.05) is 0 Å². The zero-order valence-electron chi connectivity index (χ0n) is 13.4. The summed E-state index contributed by atoms with van der Waals surface area (Å²) in [4.78, 5) is 23.7. The molecule has 112 valence electrons. The fourth-order valence-corrected chi connectivity index (χ4v) is 2.34. The first kappa shape index (κ1) is 17.2. The van der Waals surface area contributed by atoms with Crippen LogP contribution in [0.2, 0.25) is 0 Å². The third-order valence-electron chi connectivity index (χ3n) is 3.56. The Morgan fingerprint density at radius 2 is 1.67 bits per heavy atom. The van der Waals surface area contributed by atoms with Crippen molar-refractivity contribution in [2.24, 2.45) is 5.92 Å². The highest BCUT2D eigenvalue weighted by Crippen LogP contribution is 2.26. The molecule has 0 aromatic heterocycles. The molecule has 0 radical (unpaired) electrons. The van der Waals surface area contributed by atoms with Crippen LogP contribution < -0.4 is 0 Å². The first-order valence-corrected chi connectivity index (χ1v) is 7.53. The van der Waals surface area contributed by atoms with E-state index in [0.717, 1.165) is 30.4 Å². The quantitative estimate of drug-likeness (QED) is 0.448. The molecule has 0 saturated heterocycles. The van der Waals surface area contributed by atoms with Crippen LogP contribution >= 0.6 is 0 Å². The molecule has 0 aliphatic carbocycles. The molecule has 21 heavy (non-hydrogen) atoms. The molecule has 2 nitrogen and oxygen atoms in total. The summed E-state index contributed by atoms with van der Waals surface area (Å²) in [5, 5.41) is 0. The lowest BCUT2D eigenvalue weighted by Gasteiger charge is -2.19. The van der Waals surface area contributed by atoms with Crippen LogP contribution in [0.15, 0.2) is 24.3 Å². The van der Waals surface area contributed by atoms with E-state index >= 15 is 0 Å². The van der Waals surface area contributed by atoms with Gasteiger partial charge in [0.05, 0.1) is 11.8 Å². The van der Waals surface area contributed by atoms with E-state index in [4.69, 9.17) is 0 Å². The Hall–Kier alpha value is -1.88. The van der Waals surface area contributed by atoms with Crippen molar-refractivity contribution in [3.8, 4) is 11.8 Å². The molecular formula is C19H24O2. The second-order valence-electron chi connectivity index (χ2n) is 5.51. The number of aryl methyl sites for hydroxylation is 1. The number of benzene rings is 1. The summed E-state index contributed by atoms with van der Waals surface area (Å²) in [5.74, 6) is 5.07. The van der Waals surface area contributed by atoms with Crippen molar-refractivity contribution >= 4 is 11.6 Å². The van der Waals surface area contributed by atoms with E-state index in [1.165, 1.54) is 13.8 Å². The van der Waals surface area contributed by atoms with Gasteiger partial charge in [-0.05, 0) is 32.8 Å². The van der Waals surface area contributed by atoms with Gasteiger partial charge in [-0.2, -0.15) is 0 Å². The standard InChI is InChI=1S/C19H24O2/c1-5-6-7-8-9-18(19(15(3)20)16(4)21)17-12-10-14(2)11-13-17/h10-13,18-19H,5-7H2,1-4H3. The van der Waals surface area contributed by atoms with E-state index in [1.54, 1.807) is 0 Å². The van der Waals surface area contributed by atoms with Crippen LogP contribution in [0, 0.1) is 24.7 Å². The number of Topliss-reactive ketones (excluding diaryl/α,β-unsaturated/α-hetero) is 2. The summed E-state index contributed by atoms with van der Waals surface area (Å²) in [7, 11) is 0. The van der Waals surface area contributed by atoms with Gasteiger partial charge in [-0.3, -0.25) is 9.59 Å². The Bertz CT molecular complexity index is 529. The zero-order chi connectivity index (χ0) is 15.8. The van der Waals surface area contributed by atoms with E-state index in [2.05, 4.69) is 18.8 Å². The molecule has 1 atom stereocenters. The summed E-state index contributed by atoms with van der Waals surface area (Å²) in [5.41, 5.74) is 2.10. The van der Waals surface area contributed by atoms with Crippen molar-refractivity contribution in [2.45, 2.75) is 52.9 Å². The molecule has 0 fully saturated rings. The average molecular weight is 284 g/mol. The highest BCUT2D eigenvalue weighted by atomic mass is 16.1. The maximum absolute atomic E-state index is 11.9. The molecule has 0 heterocycles. The molecule has 1 aromatic rings. The van der Waals surface area contributed by atoms with Crippen LogP contribution in [0.5, 0.6) is 0 Å². The van der Waals surface area contributed by atoms with Crippen LogP contribution in [-0.4, -0.2) is 11.6 Å². The van der Waals surface area contributed by atoms with E-state index in [-0.39, 0.29) is 17.5 Å². The largest absolute Gasteiger partial charge is 0.299 e. The fraction of sp³-hybridized carbons (Fsp3) is 0.474. The first-order valence-electron chi connectivity index (χ1n) is 7.53. The van der Waals surface area contributed by atoms with Crippen LogP contribution in [0.1, 0.15) is 57.1 Å². The molecule has 0 saturated carbocycles. The van der Waals surface area contributed by atoms with E-state index in [9.17, 15) is 9.59 Å². The Kier molecular flexibility index (Phi) is 6.88. The minimum atomic E-state index is -0.665. The Labute approximate surface area is 127 Å². The van der Waals surface area contributed by atoms with Gasteiger partial charge in [0.2, 0.25) is 0 Å². The smallest absolute Gasteiger partial charge is 0.141 e. The topological polar surface area (TPSA) is 34.1 Å². The predicted molar refractivity (Wildman–Crippen MR) is 86.1 cm³/mol. The van der Waals surface area contributed by atoms with Gasteiger partial charge in [0, 0.05) is 6.42 Å². The van der Waals surface area contributed by atoms with Crippen molar-refractivity contribution < 1.29 is 9.59 Å². The predicted octanol–water partition coefficient (Wildman–Crippen LogP) is 4.07. The van der Waals surface area contributed by atoms with E-state index < -0.39 is 5.92 Å². The van der Waals surface area contributed by atoms with Gasteiger partial charge in [-0.15, -0.1) is 5.92 Å². The molecule has 1 unspecified atom stereocenters. The normalized spacial score (nSPS) is 11.7. The van der Waals surface area contributed by atoms with Gasteiger partial charge in [0.25, 0.3) is 0 Å². The van der Waals surface area contributed by atoms with Gasteiger partial charge < -0.3 is 0 Å². The van der Waals surface area contributed by atoms with Crippen molar-refractivity contribution in [1.29, 1.82) is 0 Å². The summed E-state index contributed by atoms with van der Waals surface area (Å²) in [6.45, 7) is 7.08. The number of hydrogen-bond donors (Lipinski definition) is 0. The van der Waals surface area contributed by atoms with Crippen LogP contribution in [0.25, 0.3) is 0 Å². The third kappa shape index (κ3) is 5.19. The van der Waals surface area contributed by atoms with Gasteiger partial charge in [0.1, 0.15) is 11.6 Å². The minimum absolute atomic E-state index is 0.113. The lowest BCUT2D eigenvalue weighted by atomic mass is 9.81. The van der Waals surface area contributed by atoms with Gasteiger partial charge in [-0.25, -0.2) is 0 Å². The first-order chi connectivity index (χ1) is 9.97. The maximum Gasteiger partial charge on any atom is 0.141 e. The zero-order valence-corrected chi connectivity index (χ0v) is 13.4. The van der Waals surface area contributed by atoms with Gasteiger partial charge in [0.15, 0.2) is 0 Å². The molecule has 0 aliphatic rings. The number of rotatable bonds is 6. The Balaban J connectivity index is 3.14. The monoisotopic (exact) mass is 284 g/mol. The molecule has 0 aliphatic heterocycles. The molecule has 1 aromatic carbocycles. The SMILES string of the molecule is CCCCC#CC(c1ccc(C)cc1)C(C(C)=O)C(C)=O. The van der Waals surface area contributed by atoms with E-state index in [0.29, 0.717) is 0 Å². The third-order valence-corrected chi connectivity index (χ3v) is 3.56. The fourth-order valence-electron chi connectivity index (χ4n) is 2.34. The maximum atomic E-state index is 11.9. The number of unbranched alkanes of at least 4 members (excludes halogenated alkanes) is 2. The molecule has 0 amide bonds. The Morgan fingerprint density at radius 1 is 1.10 bits per heavy atom. The summed E-state index contributed by atoms with van der Waals surface area (Å²) < 4.78 is 0. The molecule has 0 bridgehead atoms.